The van der Waals surface area contributed by atoms with Gasteiger partial charge in [-0.2, -0.15) is 13.2 Å². The summed E-state index contributed by atoms with van der Waals surface area (Å²) < 4.78 is 46.4. The number of hydrogen-bond acceptors (Lipinski definition) is 4. The second-order valence-electron chi connectivity index (χ2n) is 6.79. The van der Waals surface area contributed by atoms with Gasteiger partial charge >= 0.3 is 12.2 Å². The third kappa shape index (κ3) is 5.90. The van der Waals surface area contributed by atoms with Crippen LogP contribution in [0.25, 0.3) is 0 Å². The summed E-state index contributed by atoms with van der Waals surface area (Å²) in [6.45, 7) is 4.45. The molecule has 2 aromatic carbocycles. The Morgan fingerprint density at radius 2 is 1.47 bits per heavy atom. The van der Waals surface area contributed by atoms with E-state index in [0.29, 0.717) is 30.3 Å². The van der Waals surface area contributed by atoms with Crippen LogP contribution < -0.4 is 20.3 Å². The summed E-state index contributed by atoms with van der Waals surface area (Å²) in [7, 11) is 0. The Balaban J connectivity index is 1.68. The molecule has 9 heteroatoms. The molecule has 2 N–H and O–H groups in total. The van der Waals surface area contributed by atoms with E-state index in [2.05, 4.69) is 15.6 Å². The predicted molar refractivity (Wildman–Crippen MR) is 118 cm³/mol. The summed E-state index contributed by atoms with van der Waals surface area (Å²) in [5.41, 5.74) is -0.210. The lowest BCUT2D eigenvalue weighted by molar-refractivity contribution is -0.137. The lowest BCUT2D eigenvalue weighted by Gasteiger charge is -2.25. The Hall–Kier alpha value is -3.75. The summed E-state index contributed by atoms with van der Waals surface area (Å²) in [4.78, 5) is 17.8. The van der Waals surface area contributed by atoms with Crippen molar-refractivity contribution in [3.8, 4) is 11.5 Å². The average molecular weight is 444 g/mol. The Morgan fingerprint density at radius 1 is 0.906 bits per heavy atom. The average Bonchev–Trinajstić information content (AvgIpc) is 2.77. The van der Waals surface area contributed by atoms with E-state index in [4.69, 9.17) is 4.74 Å². The maximum Gasteiger partial charge on any atom is 0.418 e. The zero-order valence-corrected chi connectivity index (χ0v) is 17.6. The molecule has 0 spiro atoms. The lowest BCUT2D eigenvalue weighted by atomic mass is 10.1. The molecule has 1 heterocycles. The summed E-state index contributed by atoms with van der Waals surface area (Å²) >= 11 is 0. The number of rotatable bonds is 7. The van der Waals surface area contributed by atoms with Gasteiger partial charge in [-0.15, -0.1) is 0 Å². The van der Waals surface area contributed by atoms with Gasteiger partial charge in [0.25, 0.3) is 0 Å². The Kier molecular flexibility index (Phi) is 7.19. The summed E-state index contributed by atoms with van der Waals surface area (Å²) in [6, 6.07) is 13.1. The predicted octanol–water partition coefficient (Wildman–Crippen LogP) is 6.38. The number of alkyl halides is 3. The van der Waals surface area contributed by atoms with E-state index in [9.17, 15) is 18.0 Å². The first-order valence-corrected chi connectivity index (χ1v) is 10.0. The Bertz CT molecular complexity index is 1040. The maximum absolute atomic E-state index is 13.6. The van der Waals surface area contributed by atoms with Crippen molar-refractivity contribution >= 4 is 23.1 Å². The van der Waals surface area contributed by atoms with Crippen molar-refractivity contribution in [2.24, 2.45) is 0 Å². The van der Waals surface area contributed by atoms with Gasteiger partial charge in [0.15, 0.2) is 0 Å². The van der Waals surface area contributed by atoms with Crippen LogP contribution in [-0.2, 0) is 6.18 Å². The smallest absolute Gasteiger partial charge is 0.418 e. The fourth-order valence-electron chi connectivity index (χ4n) is 3.12. The van der Waals surface area contributed by atoms with E-state index in [0.717, 1.165) is 6.07 Å². The number of halogens is 3. The summed E-state index contributed by atoms with van der Waals surface area (Å²) in [5.74, 6) is 1.18. The van der Waals surface area contributed by atoms with Crippen LogP contribution in [0.3, 0.4) is 0 Å². The molecule has 0 aliphatic carbocycles. The van der Waals surface area contributed by atoms with Crippen LogP contribution in [0.4, 0.5) is 35.0 Å². The molecule has 6 nitrogen and oxygen atoms in total. The van der Waals surface area contributed by atoms with Crippen LogP contribution in [-0.4, -0.2) is 24.1 Å². The lowest BCUT2D eigenvalue weighted by Crippen LogP contribution is -2.26. The molecule has 0 saturated carbocycles. The van der Waals surface area contributed by atoms with Gasteiger partial charge in [0, 0.05) is 42.5 Å². The fraction of sp³-hybridized carbons (Fsp3) is 0.217. The number of aromatic nitrogens is 1. The van der Waals surface area contributed by atoms with Crippen LogP contribution in [0, 0.1) is 0 Å². The highest BCUT2D eigenvalue weighted by Crippen LogP contribution is 2.38. The van der Waals surface area contributed by atoms with Crippen molar-refractivity contribution < 1.29 is 22.7 Å². The SMILES string of the molecule is CCN(CC)c1ccc(NC(=O)Nc2ccc(Oc3ccncc3)cc2)cc1C(F)(F)F. The van der Waals surface area contributed by atoms with Crippen LogP contribution in [0.5, 0.6) is 11.5 Å². The van der Waals surface area contributed by atoms with E-state index in [1.54, 1.807) is 67.5 Å². The van der Waals surface area contributed by atoms with E-state index in [-0.39, 0.29) is 11.4 Å². The maximum atomic E-state index is 13.6. The highest BCUT2D eigenvalue weighted by molar-refractivity contribution is 6.00. The number of nitrogens with one attached hydrogen (secondary N) is 2. The van der Waals surface area contributed by atoms with Gasteiger partial charge < -0.3 is 20.3 Å². The molecule has 1 aromatic heterocycles. The van der Waals surface area contributed by atoms with Crippen molar-refractivity contribution in [3.63, 3.8) is 0 Å². The van der Waals surface area contributed by atoms with Crippen molar-refractivity contribution in [2.45, 2.75) is 20.0 Å². The zero-order chi connectivity index (χ0) is 23.1. The molecule has 0 saturated heterocycles. The largest absolute Gasteiger partial charge is 0.457 e. The molecule has 0 aliphatic heterocycles. The van der Waals surface area contributed by atoms with Gasteiger partial charge in [-0.05, 0) is 68.4 Å². The molecule has 3 aromatic rings. The molecular weight excluding hydrogens is 421 g/mol. The molecule has 0 fully saturated rings. The zero-order valence-electron chi connectivity index (χ0n) is 17.6. The monoisotopic (exact) mass is 444 g/mol. The number of ether oxygens (including phenoxy) is 1. The highest BCUT2D eigenvalue weighted by Gasteiger charge is 2.35. The van der Waals surface area contributed by atoms with E-state index in [1.807, 2.05) is 0 Å². The van der Waals surface area contributed by atoms with E-state index >= 15 is 0 Å². The number of benzene rings is 2. The van der Waals surface area contributed by atoms with E-state index < -0.39 is 17.8 Å². The molecular formula is C23H23F3N4O2. The first kappa shape index (κ1) is 22.9. The number of carbonyl (C=O) groups excluding carboxylic acids is 1. The molecule has 0 radical (unpaired) electrons. The van der Waals surface area contributed by atoms with Gasteiger partial charge in [0.2, 0.25) is 0 Å². The van der Waals surface area contributed by atoms with Gasteiger partial charge in [-0.25, -0.2) is 4.79 Å². The van der Waals surface area contributed by atoms with Crippen LogP contribution in [0.2, 0.25) is 0 Å². The van der Waals surface area contributed by atoms with Crippen LogP contribution in [0.15, 0.2) is 67.0 Å². The number of nitrogens with zero attached hydrogens (tertiary/aromatic N) is 2. The molecule has 32 heavy (non-hydrogen) atoms. The van der Waals surface area contributed by atoms with Crippen LogP contribution in [0.1, 0.15) is 19.4 Å². The quantitative estimate of drug-likeness (QED) is 0.444. The minimum absolute atomic E-state index is 0.0448. The standard InChI is InChI=1S/C23H23F3N4O2/c1-3-30(4-2)21-10-7-17(15-20(21)23(24,25)26)29-22(31)28-16-5-8-18(9-6-16)32-19-11-13-27-14-12-19/h5-15H,3-4H2,1-2H3,(H2,28,29,31). The topological polar surface area (TPSA) is 66.5 Å². The minimum atomic E-state index is -4.54. The molecule has 168 valence electrons. The second-order valence-corrected chi connectivity index (χ2v) is 6.79. The number of amides is 2. The Labute approximate surface area is 184 Å². The summed E-state index contributed by atoms with van der Waals surface area (Å²) in [5, 5.41) is 5.04. The molecule has 0 aliphatic rings. The summed E-state index contributed by atoms with van der Waals surface area (Å²) in [6.07, 6.45) is -1.33. The van der Waals surface area contributed by atoms with Gasteiger partial charge in [0.05, 0.1) is 5.56 Å². The first-order chi connectivity index (χ1) is 15.3. The van der Waals surface area contributed by atoms with Crippen molar-refractivity contribution in [2.75, 3.05) is 28.6 Å². The van der Waals surface area contributed by atoms with Crippen molar-refractivity contribution in [1.82, 2.24) is 4.98 Å². The second kappa shape index (κ2) is 10.0. The number of urea groups is 1. The third-order valence-corrected chi connectivity index (χ3v) is 4.66. The van der Waals surface area contributed by atoms with Gasteiger partial charge in [-0.3, -0.25) is 4.98 Å². The van der Waals surface area contributed by atoms with Gasteiger partial charge in [-0.1, -0.05) is 0 Å². The third-order valence-electron chi connectivity index (χ3n) is 4.66. The van der Waals surface area contributed by atoms with Crippen LogP contribution >= 0.6 is 0 Å². The molecule has 2 amide bonds. The normalized spacial score (nSPS) is 11.0. The number of hydrogen-bond donors (Lipinski definition) is 2. The molecule has 0 unspecified atom stereocenters. The minimum Gasteiger partial charge on any atom is -0.457 e. The van der Waals surface area contributed by atoms with Gasteiger partial charge in [0.1, 0.15) is 11.5 Å². The fourth-order valence-corrected chi connectivity index (χ4v) is 3.12. The highest BCUT2D eigenvalue weighted by atomic mass is 19.4. The van der Waals surface area contributed by atoms with Crippen molar-refractivity contribution in [1.29, 1.82) is 0 Å². The molecule has 0 bridgehead atoms. The number of anilines is 3. The molecule has 3 rings (SSSR count). The number of carbonyl (C=O) groups is 1. The number of pyridine rings is 1. The van der Waals surface area contributed by atoms with Crippen molar-refractivity contribution in [3.05, 3.63) is 72.6 Å². The first-order valence-electron chi connectivity index (χ1n) is 10.0. The van der Waals surface area contributed by atoms with E-state index in [1.165, 1.54) is 12.1 Å². The molecule has 0 atom stereocenters. The Morgan fingerprint density at radius 3 is 2.06 bits per heavy atom.